The molecule has 0 radical (unpaired) electrons. The summed E-state index contributed by atoms with van der Waals surface area (Å²) in [7, 11) is 1.84. The van der Waals surface area contributed by atoms with E-state index in [1.807, 2.05) is 20.0 Å². The van der Waals surface area contributed by atoms with E-state index in [-0.39, 0.29) is 12.0 Å². The second-order valence-electron chi connectivity index (χ2n) is 5.66. The third-order valence-corrected chi connectivity index (χ3v) is 4.11. The van der Waals surface area contributed by atoms with Crippen LogP contribution in [0.1, 0.15) is 38.4 Å². The number of anilines is 2. The van der Waals surface area contributed by atoms with Crippen molar-refractivity contribution in [2.24, 2.45) is 5.41 Å². The van der Waals surface area contributed by atoms with Gasteiger partial charge in [-0.1, -0.05) is 12.8 Å². The average Bonchev–Trinajstić information content (AvgIpc) is 3.00. The fraction of sp³-hybridized carbons (Fsp3) is 0.733. The summed E-state index contributed by atoms with van der Waals surface area (Å²) < 4.78 is 5.37. The van der Waals surface area contributed by atoms with Crippen molar-refractivity contribution in [3.05, 3.63) is 11.9 Å². The molecule has 6 nitrogen and oxygen atoms in total. The van der Waals surface area contributed by atoms with Crippen molar-refractivity contribution in [3.63, 3.8) is 0 Å². The molecule has 1 aliphatic rings. The predicted octanol–water partition coefficient (Wildman–Crippen LogP) is 2.02. The van der Waals surface area contributed by atoms with E-state index in [1.165, 1.54) is 12.8 Å². The smallest absolute Gasteiger partial charge is 0.158 e. The van der Waals surface area contributed by atoms with Crippen molar-refractivity contribution in [2.75, 3.05) is 37.4 Å². The van der Waals surface area contributed by atoms with Gasteiger partial charge in [0.15, 0.2) is 5.82 Å². The summed E-state index contributed by atoms with van der Waals surface area (Å²) in [6.45, 7) is 3.98. The first-order chi connectivity index (χ1) is 10.2. The number of nitrogens with one attached hydrogen (secondary N) is 2. The van der Waals surface area contributed by atoms with Gasteiger partial charge in [0.1, 0.15) is 18.2 Å². The molecule has 6 heteroatoms. The zero-order valence-electron chi connectivity index (χ0n) is 13.0. The molecule has 1 saturated carbocycles. The normalized spacial score (nSPS) is 16.9. The number of ether oxygens (including phenoxy) is 1. The third kappa shape index (κ3) is 4.28. The fourth-order valence-corrected chi connectivity index (χ4v) is 2.77. The van der Waals surface area contributed by atoms with Crippen LogP contribution in [0.4, 0.5) is 11.6 Å². The highest BCUT2D eigenvalue weighted by molar-refractivity contribution is 5.47. The Kier molecular flexibility index (Phi) is 5.76. The number of rotatable bonds is 8. The highest BCUT2D eigenvalue weighted by Gasteiger charge is 2.33. The second kappa shape index (κ2) is 7.56. The Labute approximate surface area is 126 Å². The van der Waals surface area contributed by atoms with Crippen LogP contribution in [0, 0.1) is 5.41 Å². The number of aromatic nitrogens is 2. The summed E-state index contributed by atoms with van der Waals surface area (Å²) in [6, 6.07) is 1.88. The van der Waals surface area contributed by atoms with Gasteiger partial charge >= 0.3 is 0 Å². The Hall–Kier alpha value is -1.40. The molecule has 0 amide bonds. The molecule has 1 fully saturated rings. The van der Waals surface area contributed by atoms with E-state index in [1.54, 1.807) is 0 Å². The molecule has 0 atom stereocenters. The van der Waals surface area contributed by atoms with Gasteiger partial charge in [-0.15, -0.1) is 0 Å². The molecule has 0 saturated heterocycles. The minimum absolute atomic E-state index is 0.00480. The van der Waals surface area contributed by atoms with Crippen LogP contribution in [0.5, 0.6) is 0 Å². The zero-order chi connectivity index (χ0) is 15.1. The van der Waals surface area contributed by atoms with Gasteiger partial charge in [-0.2, -0.15) is 0 Å². The Bertz CT molecular complexity index is 447. The quantitative estimate of drug-likeness (QED) is 0.681. The van der Waals surface area contributed by atoms with Crippen LogP contribution >= 0.6 is 0 Å². The van der Waals surface area contributed by atoms with Crippen LogP contribution < -0.4 is 10.6 Å². The van der Waals surface area contributed by atoms with Gasteiger partial charge in [0.25, 0.3) is 0 Å². The number of nitrogens with zero attached hydrogens (tertiary/aromatic N) is 2. The second-order valence-corrected chi connectivity index (χ2v) is 5.66. The molecule has 2 rings (SSSR count). The predicted molar refractivity (Wildman–Crippen MR) is 83.4 cm³/mol. The van der Waals surface area contributed by atoms with Crippen LogP contribution in [0.25, 0.3) is 0 Å². The first kappa shape index (κ1) is 16.0. The summed E-state index contributed by atoms with van der Waals surface area (Å²) in [5.41, 5.74) is 0.00480. The summed E-state index contributed by atoms with van der Waals surface area (Å²) in [4.78, 5) is 8.85. The minimum atomic E-state index is 0.00480. The van der Waals surface area contributed by atoms with Crippen LogP contribution in [0.2, 0.25) is 0 Å². The largest absolute Gasteiger partial charge is 0.396 e. The summed E-state index contributed by atoms with van der Waals surface area (Å²) in [6.07, 6.45) is 4.55. The molecular formula is C15H26N4O2. The molecule has 1 aliphatic carbocycles. The molecule has 0 aliphatic heterocycles. The Morgan fingerprint density at radius 3 is 2.62 bits per heavy atom. The Morgan fingerprint density at radius 2 is 2.00 bits per heavy atom. The molecule has 1 aromatic rings. The molecule has 118 valence electrons. The lowest BCUT2D eigenvalue weighted by molar-refractivity contribution is 0.128. The van der Waals surface area contributed by atoms with Gasteiger partial charge in [0, 0.05) is 31.7 Å². The SMILES string of the molecule is CCOCc1nc(NC)cc(NCC2(CO)CCCC2)n1. The maximum Gasteiger partial charge on any atom is 0.158 e. The first-order valence-electron chi connectivity index (χ1n) is 7.69. The van der Waals surface area contributed by atoms with Gasteiger partial charge in [0.2, 0.25) is 0 Å². The Morgan fingerprint density at radius 1 is 1.29 bits per heavy atom. The van der Waals surface area contributed by atoms with Crippen molar-refractivity contribution in [3.8, 4) is 0 Å². The van der Waals surface area contributed by atoms with Crippen LogP contribution in [0.3, 0.4) is 0 Å². The van der Waals surface area contributed by atoms with Gasteiger partial charge in [0.05, 0.1) is 6.61 Å². The molecule has 1 heterocycles. The minimum Gasteiger partial charge on any atom is -0.396 e. The molecule has 0 spiro atoms. The number of hydrogen-bond donors (Lipinski definition) is 3. The average molecular weight is 294 g/mol. The molecular weight excluding hydrogens is 268 g/mol. The van der Waals surface area contributed by atoms with E-state index in [4.69, 9.17) is 4.74 Å². The molecule has 21 heavy (non-hydrogen) atoms. The standard InChI is InChI=1S/C15H26N4O2/c1-3-21-9-14-18-12(16-2)8-13(19-14)17-10-15(11-20)6-4-5-7-15/h8,20H,3-7,9-11H2,1-2H3,(H2,16,17,18,19). The third-order valence-electron chi connectivity index (χ3n) is 4.11. The maximum absolute atomic E-state index is 9.66. The van der Waals surface area contributed by atoms with E-state index in [9.17, 15) is 5.11 Å². The number of aliphatic hydroxyl groups is 1. The molecule has 3 N–H and O–H groups in total. The molecule has 0 bridgehead atoms. The highest BCUT2D eigenvalue weighted by atomic mass is 16.5. The van der Waals surface area contributed by atoms with Crippen molar-refractivity contribution in [1.29, 1.82) is 0 Å². The molecule has 1 aromatic heterocycles. The van der Waals surface area contributed by atoms with Crippen LogP contribution in [-0.4, -0.2) is 41.9 Å². The van der Waals surface area contributed by atoms with Crippen molar-refractivity contribution in [1.82, 2.24) is 9.97 Å². The zero-order valence-corrected chi connectivity index (χ0v) is 13.0. The lowest BCUT2D eigenvalue weighted by Crippen LogP contribution is -2.30. The van der Waals surface area contributed by atoms with Gasteiger partial charge in [-0.05, 0) is 19.8 Å². The van der Waals surface area contributed by atoms with Gasteiger partial charge < -0.3 is 20.5 Å². The van der Waals surface area contributed by atoms with Crippen LogP contribution in [-0.2, 0) is 11.3 Å². The van der Waals surface area contributed by atoms with E-state index in [0.717, 1.165) is 31.0 Å². The first-order valence-corrected chi connectivity index (χ1v) is 7.69. The van der Waals surface area contributed by atoms with Gasteiger partial charge in [-0.25, -0.2) is 9.97 Å². The summed E-state index contributed by atoms with van der Waals surface area (Å²) in [5.74, 6) is 2.21. The molecule has 0 unspecified atom stereocenters. The number of aliphatic hydroxyl groups excluding tert-OH is 1. The van der Waals surface area contributed by atoms with E-state index < -0.39 is 0 Å². The van der Waals surface area contributed by atoms with Crippen molar-refractivity contribution in [2.45, 2.75) is 39.2 Å². The summed E-state index contributed by atoms with van der Waals surface area (Å²) in [5, 5.41) is 16.1. The fourth-order valence-electron chi connectivity index (χ4n) is 2.77. The van der Waals surface area contributed by atoms with E-state index in [2.05, 4.69) is 20.6 Å². The topological polar surface area (TPSA) is 79.3 Å². The van der Waals surface area contributed by atoms with Crippen LogP contribution in [0.15, 0.2) is 6.07 Å². The van der Waals surface area contributed by atoms with Crippen molar-refractivity contribution >= 4 is 11.6 Å². The number of hydrogen-bond acceptors (Lipinski definition) is 6. The maximum atomic E-state index is 9.66. The van der Waals surface area contributed by atoms with E-state index >= 15 is 0 Å². The lowest BCUT2D eigenvalue weighted by atomic mass is 9.87. The lowest BCUT2D eigenvalue weighted by Gasteiger charge is -2.27. The summed E-state index contributed by atoms with van der Waals surface area (Å²) >= 11 is 0. The molecule has 0 aromatic carbocycles. The Balaban J connectivity index is 2.04. The highest BCUT2D eigenvalue weighted by Crippen LogP contribution is 2.37. The monoisotopic (exact) mass is 294 g/mol. The van der Waals surface area contributed by atoms with E-state index in [0.29, 0.717) is 19.0 Å². The van der Waals surface area contributed by atoms with Gasteiger partial charge in [-0.3, -0.25) is 0 Å². The van der Waals surface area contributed by atoms with Crippen molar-refractivity contribution < 1.29 is 9.84 Å².